The molecule has 1 aromatic heterocycles. The highest BCUT2D eigenvalue weighted by Gasteiger charge is 2.16. The summed E-state index contributed by atoms with van der Waals surface area (Å²) in [6.45, 7) is 0.215. The van der Waals surface area contributed by atoms with E-state index < -0.39 is 12.0 Å². The van der Waals surface area contributed by atoms with E-state index in [9.17, 15) is 14.7 Å². The van der Waals surface area contributed by atoms with E-state index in [0.29, 0.717) is 5.56 Å². The molecule has 21 heavy (non-hydrogen) atoms. The molecule has 0 fully saturated rings. The van der Waals surface area contributed by atoms with Gasteiger partial charge in [0.2, 0.25) is 0 Å². The van der Waals surface area contributed by atoms with Crippen LogP contribution in [0.25, 0.3) is 0 Å². The number of hydrogen-bond acceptors (Lipinski definition) is 4. The Labute approximate surface area is 125 Å². The first-order valence-electron chi connectivity index (χ1n) is 6.09. The molecule has 1 aromatic carbocycles. The maximum atomic E-state index is 12.0. The first-order valence-corrected chi connectivity index (χ1v) is 6.96. The van der Waals surface area contributed by atoms with E-state index in [1.54, 1.807) is 36.7 Å². The topological polar surface area (TPSA) is 89.9 Å². The van der Waals surface area contributed by atoms with Crippen molar-refractivity contribution in [3.63, 3.8) is 0 Å². The van der Waals surface area contributed by atoms with Crippen molar-refractivity contribution in [1.82, 2.24) is 4.90 Å². The second-order valence-electron chi connectivity index (χ2n) is 4.38. The number of urea groups is 1. The molecular formula is C14H14N2O4S. The zero-order chi connectivity index (χ0) is 15.4. The number of amides is 2. The predicted molar refractivity (Wildman–Crippen MR) is 79.9 cm³/mol. The van der Waals surface area contributed by atoms with Crippen molar-refractivity contribution in [2.45, 2.75) is 6.54 Å². The molecule has 0 atom stereocenters. The van der Waals surface area contributed by atoms with Gasteiger partial charge in [-0.2, -0.15) is 0 Å². The Hall–Kier alpha value is -2.54. The maximum Gasteiger partial charge on any atom is 0.338 e. The van der Waals surface area contributed by atoms with E-state index >= 15 is 0 Å². The number of benzene rings is 1. The van der Waals surface area contributed by atoms with Gasteiger partial charge in [-0.3, -0.25) is 5.32 Å². The van der Waals surface area contributed by atoms with Crippen molar-refractivity contribution in [3.8, 4) is 5.75 Å². The van der Waals surface area contributed by atoms with E-state index in [-0.39, 0.29) is 22.9 Å². The van der Waals surface area contributed by atoms with Crippen LogP contribution < -0.4 is 5.32 Å². The molecule has 0 spiro atoms. The number of aromatic hydroxyl groups is 1. The number of carbonyl (C=O) groups excluding carboxylic acids is 1. The minimum Gasteiger partial charge on any atom is -0.508 e. The largest absolute Gasteiger partial charge is 0.508 e. The van der Waals surface area contributed by atoms with Crippen LogP contribution in [0, 0.1) is 0 Å². The number of carboxylic acids is 1. The van der Waals surface area contributed by atoms with Gasteiger partial charge in [-0.25, -0.2) is 9.59 Å². The van der Waals surface area contributed by atoms with Crippen molar-refractivity contribution < 1.29 is 19.8 Å². The van der Waals surface area contributed by atoms with Crippen molar-refractivity contribution in [2.24, 2.45) is 0 Å². The number of carboxylic acid groups (broad SMARTS) is 1. The summed E-state index contributed by atoms with van der Waals surface area (Å²) < 4.78 is 0. The van der Waals surface area contributed by atoms with Gasteiger partial charge in [0.05, 0.1) is 12.1 Å². The fourth-order valence-corrected chi connectivity index (χ4v) is 2.51. The SMILES string of the molecule is CN(Cc1ccccc1O)C(=O)Nc1sccc1C(=O)O. The van der Waals surface area contributed by atoms with Gasteiger partial charge >= 0.3 is 12.0 Å². The molecule has 7 heteroatoms. The number of anilines is 1. The molecule has 0 aliphatic carbocycles. The van der Waals surface area contributed by atoms with Crippen LogP contribution in [0.3, 0.4) is 0 Å². The quantitative estimate of drug-likeness (QED) is 0.810. The van der Waals surface area contributed by atoms with Gasteiger partial charge < -0.3 is 15.1 Å². The van der Waals surface area contributed by atoms with Gasteiger partial charge in [-0.1, -0.05) is 18.2 Å². The third-order valence-electron chi connectivity index (χ3n) is 2.86. The van der Waals surface area contributed by atoms with Crippen LogP contribution in [0.5, 0.6) is 5.75 Å². The van der Waals surface area contributed by atoms with Crippen molar-refractivity contribution in [3.05, 3.63) is 46.8 Å². The number of nitrogens with zero attached hydrogens (tertiary/aromatic N) is 1. The molecule has 0 unspecified atom stereocenters. The minimum absolute atomic E-state index is 0.0595. The van der Waals surface area contributed by atoms with Crippen molar-refractivity contribution >= 4 is 28.3 Å². The summed E-state index contributed by atoms with van der Waals surface area (Å²) in [4.78, 5) is 24.4. The molecule has 2 amide bonds. The lowest BCUT2D eigenvalue weighted by Crippen LogP contribution is -2.31. The molecule has 0 bridgehead atoms. The molecule has 6 nitrogen and oxygen atoms in total. The van der Waals surface area contributed by atoms with Crippen molar-refractivity contribution in [1.29, 1.82) is 0 Å². The van der Waals surface area contributed by atoms with E-state index in [1.807, 2.05) is 0 Å². The molecule has 2 aromatic rings. The van der Waals surface area contributed by atoms with Crippen LogP contribution in [0.4, 0.5) is 9.80 Å². The third kappa shape index (κ3) is 3.51. The van der Waals surface area contributed by atoms with Crippen LogP contribution in [0.1, 0.15) is 15.9 Å². The normalized spacial score (nSPS) is 10.1. The second-order valence-corrected chi connectivity index (χ2v) is 5.30. The van der Waals surface area contributed by atoms with E-state index in [4.69, 9.17) is 5.11 Å². The number of phenolic OH excluding ortho intramolecular Hbond substituents is 1. The lowest BCUT2D eigenvalue weighted by Gasteiger charge is -2.18. The number of carbonyl (C=O) groups is 2. The fraction of sp³-hybridized carbons (Fsp3) is 0.143. The Morgan fingerprint density at radius 3 is 2.67 bits per heavy atom. The predicted octanol–water partition coefficient (Wildman–Crippen LogP) is 2.82. The van der Waals surface area contributed by atoms with E-state index in [0.717, 1.165) is 11.3 Å². The molecule has 0 aliphatic rings. The van der Waals surface area contributed by atoms with Crippen LogP contribution in [-0.4, -0.2) is 34.2 Å². The van der Waals surface area contributed by atoms with E-state index in [1.165, 1.54) is 11.0 Å². The number of rotatable bonds is 4. The maximum absolute atomic E-state index is 12.0. The lowest BCUT2D eigenvalue weighted by atomic mass is 10.2. The van der Waals surface area contributed by atoms with Gasteiger partial charge in [-0.05, 0) is 17.5 Å². The Kier molecular flexibility index (Phi) is 4.44. The Balaban J connectivity index is 2.05. The number of hydrogen-bond donors (Lipinski definition) is 3. The molecule has 0 saturated heterocycles. The minimum atomic E-state index is -1.09. The van der Waals surface area contributed by atoms with Crippen LogP contribution in [0.2, 0.25) is 0 Å². The monoisotopic (exact) mass is 306 g/mol. The zero-order valence-electron chi connectivity index (χ0n) is 11.2. The zero-order valence-corrected chi connectivity index (χ0v) is 12.1. The highest BCUT2D eigenvalue weighted by molar-refractivity contribution is 7.14. The number of nitrogens with one attached hydrogen (secondary N) is 1. The van der Waals surface area contributed by atoms with Crippen LogP contribution in [-0.2, 0) is 6.54 Å². The third-order valence-corrected chi connectivity index (χ3v) is 3.69. The van der Waals surface area contributed by atoms with Crippen LogP contribution in [0.15, 0.2) is 35.7 Å². The smallest absolute Gasteiger partial charge is 0.338 e. The average molecular weight is 306 g/mol. The molecule has 0 saturated carbocycles. The fourth-order valence-electron chi connectivity index (χ4n) is 1.74. The summed E-state index contributed by atoms with van der Waals surface area (Å²) in [5, 5.41) is 23.1. The Morgan fingerprint density at radius 2 is 2.00 bits per heavy atom. The summed E-state index contributed by atoms with van der Waals surface area (Å²) in [6, 6.07) is 7.72. The van der Waals surface area contributed by atoms with Gasteiger partial charge in [0, 0.05) is 12.6 Å². The van der Waals surface area contributed by atoms with Gasteiger partial charge in [-0.15, -0.1) is 11.3 Å². The summed E-state index contributed by atoms with van der Waals surface area (Å²) in [5.74, 6) is -0.977. The summed E-state index contributed by atoms with van der Waals surface area (Å²) in [6.07, 6.45) is 0. The number of thiophene rings is 1. The molecule has 1 heterocycles. The molecule has 0 aliphatic heterocycles. The molecule has 110 valence electrons. The van der Waals surface area contributed by atoms with Gasteiger partial charge in [0.1, 0.15) is 10.8 Å². The first kappa shape index (κ1) is 14.9. The number of aromatic carboxylic acids is 1. The number of phenols is 1. The Morgan fingerprint density at radius 1 is 1.29 bits per heavy atom. The highest BCUT2D eigenvalue weighted by atomic mass is 32.1. The summed E-state index contributed by atoms with van der Waals surface area (Å²) in [7, 11) is 1.57. The average Bonchev–Trinajstić information content (AvgIpc) is 2.89. The molecule has 0 radical (unpaired) electrons. The molecule has 3 N–H and O–H groups in total. The lowest BCUT2D eigenvalue weighted by molar-refractivity contribution is 0.0698. The summed E-state index contributed by atoms with van der Waals surface area (Å²) in [5.41, 5.74) is 0.670. The first-order chi connectivity index (χ1) is 9.99. The number of para-hydroxylation sites is 1. The standard InChI is InChI=1S/C14H14N2O4S/c1-16(8-9-4-2-3-5-11(9)17)14(20)15-12-10(13(18)19)6-7-21-12/h2-7,17H,8H2,1H3,(H,15,20)(H,18,19). The second kappa shape index (κ2) is 6.27. The Bertz CT molecular complexity index is 668. The van der Waals surface area contributed by atoms with Crippen molar-refractivity contribution in [2.75, 3.05) is 12.4 Å². The van der Waals surface area contributed by atoms with Crippen LogP contribution >= 0.6 is 11.3 Å². The highest BCUT2D eigenvalue weighted by Crippen LogP contribution is 2.24. The van der Waals surface area contributed by atoms with Gasteiger partial charge in [0.25, 0.3) is 0 Å². The van der Waals surface area contributed by atoms with E-state index in [2.05, 4.69) is 5.32 Å². The molecule has 2 rings (SSSR count). The van der Waals surface area contributed by atoms with Gasteiger partial charge in [0.15, 0.2) is 0 Å². The molecular weight excluding hydrogens is 292 g/mol. The summed E-state index contributed by atoms with van der Waals surface area (Å²) >= 11 is 1.14.